The molecule has 2 aromatic heterocycles. The topological polar surface area (TPSA) is 97.0 Å². The summed E-state index contributed by atoms with van der Waals surface area (Å²) >= 11 is 0. The average molecular weight is 410 g/mol. The van der Waals surface area contributed by atoms with Gasteiger partial charge in [-0.1, -0.05) is 36.4 Å². The smallest absolute Gasteiger partial charge is 0.274 e. The van der Waals surface area contributed by atoms with Crippen molar-refractivity contribution in [1.29, 1.82) is 0 Å². The number of nitrogen functional groups attached to an aromatic ring is 1. The van der Waals surface area contributed by atoms with Crippen LogP contribution in [-0.2, 0) is 13.0 Å². The van der Waals surface area contributed by atoms with Crippen LogP contribution in [0.1, 0.15) is 27.3 Å². The Morgan fingerprint density at radius 3 is 2.84 bits per heavy atom. The first-order valence-corrected chi connectivity index (χ1v) is 10.2. The van der Waals surface area contributed by atoms with Gasteiger partial charge in [0.05, 0.1) is 5.69 Å². The van der Waals surface area contributed by atoms with E-state index in [1.807, 2.05) is 61.5 Å². The number of amides is 1. The van der Waals surface area contributed by atoms with Gasteiger partial charge in [0.25, 0.3) is 5.91 Å². The highest BCUT2D eigenvalue weighted by Crippen LogP contribution is 2.30. The largest absolute Gasteiger partial charge is 0.368 e. The zero-order chi connectivity index (χ0) is 21.4. The molecule has 7 heteroatoms. The van der Waals surface area contributed by atoms with E-state index in [2.05, 4.69) is 20.2 Å². The summed E-state index contributed by atoms with van der Waals surface area (Å²) in [5, 5.41) is 4.94. The van der Waals surface area contributed by atoms with E-state index in [9.17, 15) is 4.79 Å². The number of aryl methyl sites for hydroxylation is 1. The second-order valence-corrected chi connectivity index (χ2v) is 7.75. The predicted molar refractivity (Wildman–Crippen MR) is 122 cm³/mol. The highest BCUT2D eigenvalue weighted by atomic mass is 16.1. The van der Waals surface area contributed by atoms with Gasteiger partial charge in [0, 0.05) is 42.3 Å². The van der Waals surface area contributed by atoms with Gasteiger partial charge in [0.15, 0.2) is 0 Å². The van der Waals surface area contributed by atoms with E-state index in [1.54, 1.807) is 6.20 Å². The predicted octanol–water partition coefficient (Wildman–Crippen LogP) is 3.73. The van der Waals surface area contributed by atoms with Crippen molar-refractivity contribution in [3.05, 3.63) is 83.3 Å². The highest BCUT2D eigenvalue weighted by molar-refractivity contribution is 6.06. The first kappa shape index (κ1) is 19.0. The molecule has 0 saturated carbocycles. The molecule has 0 spiro atoms. The molecule has 0 unspecified atom stereocenters. The summed E-state index contributed by atoms with van der Waals surface area (Å²) in [5.74, 6) is 0.853. The minimum atomic E-state index is -0.230. The van der Waals surface area contributed by atoms with Crippen LogP contribution >= 0.6 is 0 Å². The van der Waals surface area contributed by atoms with Crippen LogP contribution in [-0.4, -0.2) is 27.4 Å². The number of hydrogen-bond donors (Lipinski definition) is 2. The van der Waals surface area contributed by atoms with E-state index in [1.165, 1.54) is 0 Å². The number of carbonyl (C=O) groups is 1. The minimum Gasteiger partial charge on any atom is -0.368 e. The number of anilines is 3. The van der Waals surface area contributed by atoms with Gasteiger partial charge in [0.1, 0.15) is 11.5 Å². The number of nitrogens with two attached hydrogens (primary N) is 1. The van der Waals surface area contributed by atoms with Crippen molar-refractivity contribution in [2.45, 2.75) is 19.9 Å². The Hall–Kier alpha value is -4.00. The first-order valence-electron chi connectivity index (χ1n) is 10.2. The van der Waals surface area contributed by atoms with Crippen LogP contribution in [0.25, 0.3) is 10.8 Å². The third kappa shape index (κ3) is 3.77. The number of hydrogen-bond acceptors (Lipinski definition) is 6. The number of benzene rings is 2. The molecule has 154 valence electrons. The van der Waals surface area contributed by atoms with Crippen molar-refractivity contribution in [2.75, 3.05) is 22.5 Å². The van der Waals surface area contributed by atoms with Crippen LogP contribution in [0, 0.1) is 6.92 Å². The number of carbonyl (C=O) groups excluding carboxylic acids is 1. The van der Waals surface area contributed by atoms with Gasteiger partial charge in [-0.3, -0.25) is 4.79 Å². The first-order chi connectivity index (χ1) is 15.1. The number of nitrogens with one attached hydrogen (secondary N) is 1. The van der Waals surface area contributed by atoms with E-state index in [0.29, 0.717) is 18.2 Å². The van der Waals surface area contributed by atoms with Crippen molar-refractivity contribution >= 4 is 34.1 Å². The second kappa shape index (κ2) is 7.68. The zero-order valence-electron chi connectivity index (χ0n) is 17.2. The van der Waals surface area contributed by atoms with Crippen LogP contribution in [0.3, 0.4) is 0 Å². The van der Waals surface area contributed by atoms with Gasteiger partial charge in [0.2, 0.25) is 5.95 Å². The number of aromatic nitrogens is 3. The van der Waals surface area contributed by atoms with Crippen LogP contribution < -0.4 is 16.0 Å². The maximum atomic E-state index is 13.0. The Morgan fingerprint density at radius 1 is 1.10 bits per heavy atom. The SMILES string of the molecule is Cc1cccc(NC(=O)c2cc3ccccc3c(N3CCc4nc(N)ncc4C3)n2)c1. The molecule has 2 aromatic carbocycles. The molecule has 1 aliphatic heterocycles. The van der Waals surface area contributed by atoms with Gasteiger partial charge in [-0.15, -0.1) is 0 Å². The Morgan fingerprint density at radius 2 is 1.97 bits per heavy atom. The lowest BCUT2D eigenvalue weighted by Crippen LogP contribution is -2.32. The number of nitrogens with zero attached hydrogens (tertiary/aromatic N) is 4. The molecule has 4 aromatic rings. The van der Waals surface area contributed by atoms with Crippen LogP contribution in [0.4, 0.5) is 17.5 Å². The van der Waals surface area contributed by atoms with Crippen LogP contribution in [0.5, 0.6) is 0 Å². The van der Waals surface area contributed by atoms with Gasteiger partial charge in [-0.2, -0.15) is 0 Å². The normalized spacial score (nSPS) is 13.1. The molecule has 31 heavy (non-hydrogen) atoms. The summed E-state index contributed by atoms with van der Waals surface area (Å²) in [6.45, 7) is 3.35. The minimum absolute atomic E-state index is 0.230. The molecule has 0 saturated heterocycles. The molecule has 0 fully saturated rings. The molecule has 1 aliphatic rings. The van der Waals surface area contributed by atoms with Crippen molar-refractivity contribution in [2.24, 2.45) is 0 Å². The van der Waals surface area contributed by atoms with Crippen molar-refractivity contribution in [3.63, 3.8) is 0 Å². The Kier molecular flexibility index (Phi) is 4.71. The average Bonchev–Trinajstić information content (AvgIpc) is 2.78. The molecule has 5 rings (SSSR count). The summed E-state index contributed by atoms with van der Waals surface area (Å²) in [6.07, 6.45) is 2.53. The fourth-order valence-electron chi connectivity index (χ4n) is 3.97. The Bertz CT molecular complexity index is 1300. The van der Waals surface area contributed by atoms with Gasteiger partial charge in [-0.25, -0.2) is 15.0 Å². The summed E-state index contributed by atoms with van der Waals surface area (Å²) in [6, 6.07) is 17.6. The molecule has 0 bridgehead atoms. The molecule has 7 nitrogen and oxygen atoms in total. The van der Waals surface area contributed by atoms with Crippen LogP contribution in [0.2, 0.25) is 0 Å². The van der Waals surface area contributed by atoms with Crippen LogP contribution in [0.15, 0.2) is 60.8 Å². The van der Waals surface area contributed by atoms with Gasteiger partial charge < -0.3 is 16.0 Å². The molecule has 3 heterocycles. The number of pyridine rings is 1. The molecule has 1 amide bonds. The molecule has 3 N–H and O–H groups in total. The van der Waals surface area contributed by atoms with E-state index < -0.39 is 0 Å². The quantitative estimate of drug-likeness (QED) is 0.534. The van der Waals surface area contributed by atoms with Gasteiger partial charge >= 0.3 is 0 Å². The molecule has 0 atom stereocenters. The summed E-state index contributed by atoms with van der Waals surface area (Å²) in [5.41, 5.74) is 9.96. The standard InChI is InChI=1S/C24H22N6O/c1-15-5-4-7-18(11-15)27-23(31)21-12-16-6-2-3-8-19(16)22(28-21)30-10-9-20-17(14-30)13-26-24(25)29-20/h2-8,11-13H,9-10,14H2,1H3,(H,27,31)(H2,25,26,29). The molecule has 0 aliphatic carbocycles. The maximum Gasteiger partial charge on any atom is 0.274 e. The third-order valence-corrected chi connectivity index (χ3v) is 5.48. The van der Waals surface area contributed by atoms with E-state index in [0.717, 1.165) is 52.1 Å². The number of rotatable bonds is 3. The lowest BCUT2D eigenvalue weighted by Gasteiger charge is -2.30. The lowest BCUT2D eigenvalue weighted by atomic mass is 10.1. The zero-order valence-corrected chi connectivity index (χ0v) is 17.2. The highest BCUT2D eigenvalue weighted by Gasteiger charge is 2.22. The lowest BCUT2D eigenvalue weighted by molar-refractivity contribution is 0.102. The molecular formula is C24H22N6O. The fourth-order valence-corrected chi connectivity index (χ4v) is 3.97. The third-order valence-electron chi connectivity index (χ3n) is 5.48. The summed E-state index contributed by atoms with van der Waals surface area (Å²) in [4.78, 5) is 28.5. The monoisotopic (exact) mass is 410 g/mol. The Balaban J connectivity index is 1.52. The van der Waals surface area contributed by atoms with E-state index in [4.69, 9.17) is 10.7 Å². The van der Waals surface area contributed by atoms with Crippen molar-refractivity contribution < 1.29 is 4.79 Å². The molecule has 0 radical (unpaired) electrons. The van der Waals surface area contributed by atoms with Crippen molar-refractivity contribution in [1.82, 2.24) is 15.0 Å². The summed E-state index contributed by atoms with van der Waals surface area (Å²) in [7, 11) is 0. The summed E-state index contributed by atoms with van der Waals surface area (Å²) < 4.78 is 0. The number of fused-ring (bicyclic) bond motifs is 2. The van der Waals surface area contributed by atoms with Gasteiger partial charge in [-0.05, 0) is 36.1 Å². The maximum absolute atomic E-state index is 13.0. The fraction of sp³-hybridized carbons (Fsp3) is 0.167. The molecular weight excluding hydrogens is 388 g/mol. The van der Waals surface area contributed by atoms with Crippen molar-refractivity contribution in [3.8, 4) is 0 Å². The Labute approximate surface area is 180 Å². The second-order valence-electron chi connectivity index (χ2n) is 7.75. The van der Waals surface area contributed by atoms with E-state index in [-0.39, 0.29) is 5.91 Å². The van der Waals surface area contributed by atoms with E-state index >= 15 is 0 Å².